The number of rotatable bonds is 12. The van der Waals surface area contributed by atoms with E-state index in [2.05, 4.69) is 67.5 Å². The van der Waals surface area contributed by atoms with Crippen LogP contribution in [0.4, 0.5) is 5.69 Å². The Morgan fingerprint density at radius 1 is 0.474 bits per heavy atom. The fourth-order valence-electron chi connectivity index (χ4n) is 9.67. The molecule has 4 amide bonds. The summed E-state index contributed by atoms with van der Waals surface area (Å²) in [6, 6.07) is 21.6. The van der Waals surface area contributed by atoms with Gasteiger partial charge in [0.15, 0.2) is 0 Å². The van der Waals surface area contributed by atoms with E-state index in [9.17, 15) is 19.2 Å². The predicted octanol–water partition coefficient (Wildman–Crippen LogP) is 13.0. The fraction of sp³-hybridized carbons (Fsp3) is 0.412. The predicted molar refractivity (Wildman–Crippen MR) is 234 cm³/mol. The van der Waals surface area contributed by atoms with Crippen LogP contribution in [0.1, 0.15) is 172 Å². The number of amides is 4. The van der Waals surface area contributed by atoms with Crippen molar-refractivity contribution in [3.8, 4) is 0 Å². The summed E-state index contributed by atoms with van der Waals surface area (Å²) in [5, 5.41) is 6.71. The third kappa shape index (κ3) is 6.22. The summed E-state index contributed by atoms with van der Waals surface area (Å²) in [5.74, 6) is -1.08. The quantitative estimate of drug-likeness (QED) is 0.0539. The van der Waals surface area contributed by atoms with E-state index in [1.54, 1.807) is 4.90 Å². The zero-order valence-electron chi connectivity index (χ0n) is 35.0. The highest BCUT2D eigenvalue weighted by Gasteiger charge is 2.40. The topological polar surface area (TPSA) is 74.8 Å². The van der Waals surface area contributed by atoms with Gasteiger partial charge in [-0.15, -0.1) is 0 Å². The molecule has 2 aliphatic heterocycles. The van der Waals surface area contributed by atoms with E-state index in [4.69, 9.17) is 0 Å². The summed E-state index contributed by atoms with van der Waals surface area (Å²) in [5.41, 5.74) is 4.23. The van der Waals surface area contributed by atoms with Gasteiger partial charge in [-0.1, -0.05) is 143 Å². The molecule has 0 unspecified atom stereocenters. The van der Waals surface area contributed by atoms with Crippen molar-refractivity contribution >= 4 is 72.4 Å². The number of fused-ring (bicyclic) bond motifs is 2. The van der Waals surface area contributed by atoms with Gasteiger partial charge in [-0.25, -0.2) is 4.90 Å². The Bertz CT molecular complexity index is 2490. The van der Waals surface area contributed by atoms with Crippen molar-refractivity contribution < 1.29 is 19.2 Å². The molecule has 2 aliphatic rings. The van der Waals surface area contributed by atoms with Crippen LogP contribution in [0.3, 0.4) is 0 Å². The minimum absolute atomic E-state index is 0.129. The third-order valence-corrected chi connectivity index (χ3v) is 12.7. The molecule has 0 radical (unpaired) electrons. The molecule has 2 heterocycles. The summed E-state index contributed by atoms with van der Waals surface area (Å²) in [6.45, 7) is 17.1. The Labute approximate surface area is 336 Å². The van der Waals surface area contributed by atoms with E-state index in [-0.39, 0.29) is 40.5 Å². The molecule has 0 atom stereocenters. The zero-order valence-corrected chi connectivity index (χ0v) is 35.0. The Hall–Kier alpha value is -5.10. The van der Waals surface area contributed by atoms with Crippen molar-refractivity contribution in [1.82, 2.24) is 4.90 Å². The molecular weight excluding hydrogens is 705 g/mol. The summed E-state index contributed by atoms with van der Waals surface area (Å²) < 4.78 is 0. The van der Waals surface area contributed by atoms with Crippen molar-refractivity contribution in [2.75, 3.05) is 4.90 Å². The second-order valence-corrected chi connectivity index (χ2v) is 18.7. The fourth-order valence-corrected chi connectivity index (χ4v) is 9.67. The van der Waals surface area contributed by atoms with Crippen molar-refractivity contribution in [2.45, 2.75) is 136 Å². The molecule has 0 fully saturated rings. The number of carbonyl (C=O) groups is 4. The number of imide groups is 2. The molecule has 6 aromatic carbocycles. The summed E-state index contributed by atoms with van der Waals surface area (Å²) in [4.78, 5) is 61.5. The normalized spacial score (nSPS) is 14.9. The zero-order chi connectivity index (χ0) is 40.6. The SMILES string of the molecule is CCCCCCC(CCCCCC)N1C(=O)c2ccc3c4ccc5c6c(ccc(c7ccc(c2c37)C1=O)c64)C(=O)N(c1cc(C(C)(C)C)ccc1C(C)(C)C)C5=O. The highest BCUT2D eigenvalue weighted by molar-refractivity contribution is 6.43. The molecule has 0 spiro atoms. The van der Waals surface area contributed by atoms with Gasteiger partial charge in [0.2, 0.25) is 0 Å². The smallest absolute Gasteiger partial charge is 0.265 e. The standard InChI is InChI=1S/C51H56N2O4/c1-9-11-13-15-17-31(18-16-14-12-10-2)52-46(54)36-24-20-32-34-22-26-38-45-39(27-23-35(43(34)45)33-21-25-37(47(52)55)44(36)42(32)33)49(57)53(48(38)56)41-29-30(50(3,4)5)19-28-40(41)51(6,7)8/h19-29,31H,9-18H2,1-8H3. The van der Waals surface area contributed by atoms with Gasteiger partial charge in [0.1, 0.15) is 0 Å². The second kappa shape index (κ2) is 14.4. The minimum Gasteiger partial charge on any atom is -0.271 e. The monoisotopic (exact) mass is 760 g/mol. The maximum atomic E-state index is 14.7. The highest BCUT2D eigenvalue weighted by atomic mass is 16.2. The Balaban J connectivity index is 1.27. The summed E-state index contributed by atoms with van der Waals surface area (Å²) >= 11 is 0. The second-order valence-electron chi connectivity index (χ2n) is 18.7. The highest BCUT2D eigenvalue weighted by Crippen LogP contribution is 2.48. The number of benzene rings is 6. The van der Waals surface area contributed by atoms with E-state index in [1.807, 2.05) is 54.6 Å². The number of carbonyl (C=O) groups excluding carboxylic acids is 4. The number of anilines is 1. The first-order valence-corrected chi connectivity index (χ1v) is 21.3. The lowest BCUT2D eigenvalue weighted by Crippen LogP contribution is -2.47. The van der Waals surface area contributed by atoms with Crippen molar-refractivity contribution in [3.63, 3.8) is 0 Å². The maximum absolute atomic E-state index is 14.7. The number of unbranched alkanes of at least 4 members (excludes halogenated alkanes) is 6. The lowest BCUT2D eigenvalue weighted by Gasteiger charge is -2.35. The number of hydrogen-bond acceptors (Lipinski definition) is 4. The van der Waals surface area contributed by atoms with Crippen molar-refractivity contribution in [2.24, 2.45) is 0 Å². The van der Waals surface area contributed by atoms with E-state index in [1.165, 1.54) is 4.90 Å². The number of nitrogens with zero attached hydrogens (tertiary/aromatic N) is 2. The maximum Gasteiger partial charge on any atom is 0.265 e. The van der Waals surface area contributed by atoms with Crippen molar-refractivity contribution in [3.05, 3.63) is 100 Å². The van der Waals surface area contributed by atoms with Gasteiger partial charge in [-0.05, 0) is 97.4 Å². The molecule has 0 saturated heterocycles. The molecule has 8 rings (SSSR count). The molecular formula is C51H56N2O4. The average Bonchev–Trinajstić information content (AvgIpc) is 3.17. The molecule has 57 heavy (non-hydrogen) atoms. The molecule has 6 heteroatoms. The van der Waals surface area contributed by atoms with Crippen LogP contribution in [0.25, 0.3) is 43.1 Å². The van der Waals surface area contributed by atoms with Gasteiger partial charge in [0.25, 0.3) is 23.6 Å². The van der Waals surface area contributed by atoms with Gasteiger partial charge in [-0.2, -0.15) is 0 Å². The first kappa shape index (κ1) is 38.8. The molecule has 6 aromatic rings. The van der Waals surface area contributed by atoms with E-state index in [0.29, 0.717) is 38.7 Å². The molecule has 0 saturated carbocycles. The van der Waals surface area contributed by atoms with Crippen LogP contribution < -0.4 is 4.90 Å². The Morgan fingerprint density at radius 3 is 1.28 bits per heavy atom. The lowest BCUT2D eigenvalue weighted by atomic mass is 9.79. The Morgan fingerprint density at radius 2 is 0.895 bits per heavy atom. The van der Waals surface area contributed by atoms with Crippen LogP contribution in [-0.2, 0) is 10.8 Å². The average molecular weight is 761 g/mol. The van der Waals surface area contributed by atoms with Gasteiger partial charge in [0, 0.05) is 39.1 Å². The third-order valence-electron chi connectivity index (χ3n) is 12.7. The number of hydrogen-bond donors (Lipinski definition) is 0. The van der Waals surface area contributed by atoms with E-state index in [0.717, 1.165) is 108 Å². The van der Waals surface area contributed by atoms with Crippen LogP contribution in [0.15, 0.2) is 66.7 Å². The molecule has 0 bridgehead atoms. The van der Waals surface area contributed by atoms with Crippen molar-refractivity contribution in [1.29, 1.82) is 0 Å². The summed E-state index contributed by atoms with van der Waals surface area (Å²) in [6.07, 6.45) is 10.4. The largest absolute Gasteiger partial charge is 0.271 e. The molecule has 0 aliphatic carbocycles. The van der Waals surface area contributed by atoms with E-state index >= 15 is 0 Å². The molecule has 6 nitrogen and oxygen atoms in total. The molecule has 0 N–H and O–H groups in total. The van der Waals surface area contributed by atoms with Gasteiger partial charge in [0.05, 0.1) is 5.69 Å². The first-order chi connectivity index (χ1) is 27.2. The molecule has 0 aromatic heterocycles. The van der Waals surface area contributed by atoms with Crippen LogP contribution in [0.2, 0.25) is 0 Å². The summed E-state index contributed by atoms with van der Waals surface area (Å²) in [7, 11) is 0. The minimum atomic E-state index is -0.334. The van der Waals surface area contributed by atoms with Crippen LogP contribution in [0.5, 0.6) is 0 Å². The Kier molecular flexibility index (Phi) is 9.77. The molecule has 294 valence electrons. The van der Waals surface area contributed by atoms with Crippen LogP contribution >= 0.6 is 0 Å². The van der Waals surface area contributed by atoms with Gasteiger partial charge in [-0.3, -0.25) is 24.1 Å². The van der Waals surface area contributed by atoms with Crippen LogP contribution in [0, 0.1) is 0 Å². The van der Waals surface area contributed by atoms with Crippen LogP contribution in [-0.4, -0.2) is 34.6 Å². The lowest BCUT2D eigenvalue weighted by molar-refractivity contribution is 0.0516. The van der Waals surface area contributed by atoms with Gasteiger partial charge < -0.3 is 0 Å². The van der Waals surface area contributed by atoms with E-state index < -0.39 is 0 Å². The van der Waals surface area contributed by atoms with Gasteiger partial charge >= 0.3 is 0 Å². The first-order valence-electron chi connectivity index (χ1n) is 21.3.